The van der Waals surface area contributed by atoms with Crippen molar-refractivity contribution in [2.24, 2.45) is 0 Å². The quantitative estimate of drug-likeness (QED) is 0.602. The Morgan fingerprint density at radius 2 is 1.46 bits per heavy atom. The van der Waals surface area contributed by atoms with E-state index in [0.29, 0.717) is 5.56 Å². The molecule has 26 heavy (non-hydrogen) atoms. The monoisotopic (exact) mass is 354 g/mol. The Bertz CT molecular complexity index is 833. The van der Waals surface area contributed by atoms with Crippen LogP contribution < -0.4 is 5.46 Å². The van der Waals surface area contributed by atoms with E-state index in [1.165, 1.54) is 0 Å². The summed E-state index contributed by atoms with van der Waals surface area (Å²) in [5.74, 6) is -0.311. The van der Waals surface area contributed by atoms with Crippen LogP contribution in [0.5, 0.6) is 0 Å². The topological polar surface area (TPSA) is 44.8 Å². The van der Waals surface area contributed by atoms with Gasteiger partial charge >= 0.3 is 13.1 Å². The highest BCUT2D eigenvalue weighted by molar-refractivity contribution is 6.62. The van der Waals surface area contributed by atoms with E-state index in [0.717, 1.165) is 16.2 Å². The molecule has 0 spiro atoms. The van der Waals surface area contributed by atoms with Crippen LogP contribution in [0.25, 0.3) is 10.8 Å². The van der Waals surface area contributed by atoms with Crippen LogP contribution in [0.2, 0.25) is 0 Å². The summed E-state index contributed by atoms with van der Waals surface area (Å²) in [6.45, 7) is 13.8. The first-order valence-electron chi connectivity index (χ1n) is 9.01. The van der Waals surface area contributed by atoms with Crippen molar-refractivity contribution >= 4 is 29.3 Å². The van der Waals surface area contributed by atoms with Gasteiger partial charge in [-0.15, -0.1) is 0 Å². The Kier molecular flexibility index (Phi) is 4.44. The summed E-state index contributed by atoms with van der Waals surface area (Å²) in [5.41, 5.74) is 0.282. The molecule has 0 saturated carbocycles. The molecule has 2 aromatic rings. The molecular weight excluding hydrogens is 327 g/mol. The standard InChI is InChI=1S/C21H27BO4/c1-19(2,3)24-18(23)16-9-8-15-13-17(11-10-14(15)12-16)22-25-20(4,5)21(6,7)26-22/h8-13H,1-7H3. The lowest BCUT2D eigenvalue weighted by atomic mass is 9.78. The maximum Gasteiger partial charge on any atom is 0.494 e. The zero-order valence-corrected chi connectivity index (χ0v) is 16.7. The van der Waals surface area contributed by atoms with Crippen LogP contribution in [0.1, 0.15) is 58.8 Å². The average molecular weight is 354 g/mol. The highest BCUT2D eigenvalue weighted by Gasteiger charge is 2.51. The second-order valence-corrected chi connectivity index (χ2v) is 8.91. The zero-order valence-electron chi connectivity index (χ0n) is 16.7. The fraction of sp³-hybridized carbons (Fsp3) is 0.476. The predicted molar refractivity (Wildman–Crippen MR) is 105 cm³/mol. The van der Waals surface area contributed by atoms with E-state index < -0.39 is 12.7 Å². The van der Waals surface area contributed by atoms with Crippen LogP contribution in [0.4, 0.5) is 0 Å². The van der Waals surface area contributed by atoms with E-state index in [-0.39, 0.29) is 17.2 Å². The van der Waals surface area contributed by atoms with Gasteiger partial charge in [0.05, 0.1) is 16.8 Å². The molecule has 0 bridgehead atoms. The van der Waals surface area contributed by atoms with Crippen molar-refractivity contribution < 1.29 is 18.8 Å². The van der Waals surface area contributed by atoms with Crippen molar-refractivity contribution in [2.75, 3.05) is 0 Å². The Balaban J connectivity index is 1.87. The number of hydrogen-bond acceptors (Lipinski definition) is 4. The van der Waals surface area contributed by atoms with Gasteiger partial charge in [-0.3, -0.25) is 0 Å². The second kappa shape index (κ2) is 6.10. The number of benzene rings is 2. The molecule has 5 heteroatoms. The second-order valence-electron chi connectivity index (χ2n) is 8.91. The van der Waals surface area contributed by atoms with Crippen molar-refractivity contribution in [3.8, 4) is 0 Å². The lowest BCUT2D eigenvalue weighted by Crippen LogP contribution is -2.41. The highest BCUT2D eigenvalue weighted by Crippen LogP contribution is 2.36. The number of esters is 1. The van der Waals surface area contributed by atoms with Gasteiger partial charge in [-0.05, 0) is 76.8 Å². The van der Waals surface area contributed by atoms with E-state index in [9.17, 15) is 4.79 Å². The van der Waals surface area contributed by atoms with Gasteiger partial charge in [0, 0.05) is 0 Å². The van der Waals surface area contributed by atoms with Gasteiger partial charge in [-0.1, -0.05) is 24.3 Å². The summed E-state index contributed by atoms with van der Waals surface area (Å²) in [7, 11) is -0.394. The first kappa shape index (κ1) is 18.9. The molecule has 1 fully saturated rings. The fourth-order valence-electron chi connectivity index (χ4n) is 2.85. The van der Waals surface area contributed by atoms with Crippen LogP contribution in [0.3, 0.4) is 0 Å². The van der Waals surface area contributed by atoms with Crippen LogP contribution in [-0.4, -0.2) is 29.9 Å². The molecule has 1 heterocycles. The zero-order chi connectivity index (χ0) is 19.3. The van der Waals surface area contributed by atoms with Gasteiger partial charge in [0.25, 0.3) is 0 Å². The summed E-state index contributed by atoms with van der Waals surface area (Å²) in [6, 6.07) is 11.6. The number of ether oxygens (including phenoxy) is 1. The number of carbonyl (C=O) groups excluding carboxylic acids is 1. The minimum atomic E-state index is -0.507. The maximum absolute atomic E-state index is 12.3. The molecule has 0 unspecified atom stereocenters. The Hall–Kier alpha value is -1.85. The van der Waals surface area contributed by atoms with Crippen LogP contribution in [0.15, 0.2) is 36.4 Å². The summed E-state index contributed by atoms with van der Waals surface area (Å²) in [6.07, 6.45) is 0. The van der Waals surface area contributed by atoms with Crippen LogP contribution in [0, 0.1) is 0 Å². The third kappa shape index (κ3) is 3.65. The molecule has 0 aliphatic carbocycles. The molecular formula is C21H27BO4. The number of rotatable bonds is 2. The minimum absolute atomic E-state index is 0.311. The molecule has 1 saturated heterocycles. The molecule has 0 aromatic heterocycles. The van der Waals surface area contributed by atoms with Gasteiger partial charge in [-0.2, -0.15) is 0 Å². The molecule has 2 aromatic carbocycles. The first-order chi connectivity index (χ1) is 11.9. The van der Waals surface area contributed by atoms with Crippen molar-refractivity contribution in [2.45, 2.75) is 65.3 Å². The molecule has 138 valence electrons. The lowest BCUT2D eigenvalue weighted by molar-refractivity contribution is 0.00578. The highest BCUT2D eigenvalue weighted by atomic mass is 16.7. The van der Waals surface area contributed by atoms with Gasteiger partial charge in [-0.25, -0.2) is 4.79 Å². The normalized spacial score (nSPS) is 19.0. The van der Waals surface area contributed by atoms with Gasteiger partial charge in [0.15, 0.2) is 0 Å². The Morgan fingerprint density at radius 1 is 0.923 bits per heavy atom. The SMILES string of the molecule is CC(C)(C)OC(=O)c1ccc2cc(B3OC(C)(C)C(C)(C)O3)ccc2c1. The summed E-state index contributed by atoms with van der Waals surface area (Å²) in [4.78, 5) is 12.3. The largest absolute Gasteiger partial charge is 0.494 e. The number of hydrogen-bond donors (Lipinski definition) is 0. The molecule has 0 amide bonds. The van der Waals surface area contributed by atoms with E-state index >= 15 is 0 Å². The summed E-state index contributed by atoms with van der Waals surface area (Å²) < 4.78 is 17.7. The van der Waals surface area contributed by atoms with E-state index in [2.05, 4.69) is 6.07 Å². The smallest absolute Gasteiger partial charge is 0.456 e. The van der Waals surface area contributed by atoms with Gasteiger partial charge < -0.3 is 14.0 Å². The van der Waals surface area contributed by atoms with Gasteiger partial charge in [0.2, 0.25) is 0 Å². The molecule has 4 nitrogen and oxygen atoms in total. The summed E-state index contributed by atoms with van der Waals surface area (Å²) in [5, 5.41) is 2.01. The minimum Gasteiger partial charge on any atom is -0.456 e. The molecule has 0 N–H and O–H groups in total. The predicted octanol–water partition coefficient (Wildman–Crippen LogP) is 4.09. The van der Waals surface area contributed by atoms with E-state index in [1.54, 1.807) is 6.07 Å². The third-order valence-electron chi connectivity index (χ3n) is 5.02. The average Bonchev–Trinajstić information content (AvgIpc) is 2.72. The lowest BCUT2D eigenvalue weighted by Gasteiger charge is -2.32. The maximum atomic E-state index is 12.3. The van der Waals surface area contributed by atoms with Crippen molar-refractivity contribution in [1.29, 1.82) is 0 Å². The molecule has 3 rings (SSSR count). The third-order valence-corrected chi connectivity index (χ3v) is 5.02. The van der Waals surface area contributed by atoms with Crippen LogP contribution >= 0.6 is 0 Å². The van der Waals surface area contributed by atoms with Crippen molar-refractivity contribution in [3.63, 3.8) is 0 Å². The first-order valence-corrected chi connectivity index (χ1v) is 9.01. The van der Waals surface area contributed by atoms with E-state index in [1.807, 2.05) is 72.7 Å². The van der Waals surface area contributed by atoms with Crippen molar-refractivity contribution in [3.05, 3.63) is 42.0 Å². The Morgan fingerprint density at radius 3 is 2.04 bits per heavy atom. The fourth-order valence-corrected chi connectivity index (χ4v) is 2.85. The molecule has 1 aliphatic heterocycles. The Labute approximate surface area is 156 Å². The van der Waals surface area contributed by atoms with E-state index in [4.69, 9.17) is 14.0 Å². The molecule has 0 radical (unpaired) electrons. The molecule has 1 aliphatic rings. The number of fused-ring (bicyclic) bond motifs is 1. The van der Waals surface area contributed by atoms with Crippen LogP contribution in [-0.2, 0) is 14.0 Å². The summed E-state index contributed by atoms with van der Waals surface area (Å²) >= 11 is 0. The molecule has 0 atom stereocenters. The number of carbonyl (C=O) groups is 1. The van der Waals surface area contributed by atoms with Gasteiger partial charge in [0.1, 0.15) is 5.60 Å². The van der Waals surface area contributed by atoms with Crippen molar-refractivity contribution in [1.82, 2.24) is 0 Å².